The highest BCUT2D eigenvalue weighted by Gasteiger charge is 2.25. The highest BCUT2D eigenvalue weighted by molar-refractivity contribution is 5.80. The number of carbonyl (C=O) groups is 1. The van der Waals surface area contributed by atoms with Gasteiger partial charge in [0.1, 0.15) is 5.65 Å². The number of nitrogens with zero attached hydrogens (tertiary/aromatic N) is 2. The van der Waals surface area contributed by atoms with Gasteiger partial charge < -0.3 is 9.88 Å². The van der Waals surface area contributed by atoms with Gasteiger partial charge in [-0.15, -0.1) is 0 Å². The fraction of sp³-hybridized carbons (Fsp3) is 0.391. The molecule has 1 saturated heterocycles. The molecule has 1 amide bonds. The molecule has 0 radical (unpaired) electrons. The van der Waals surface area contributed by atoms with Gasteiger partial charge >= 0.3 is 0 Å². The average Bonchev–Trinajstić information content (AvgIpc) is 3.14. The molecule has 0 aliphatic carbocycles. The van der Waals surface area contributed by atoms with E-state index in [9.17, 15) is 4.79 Å². The molecule has 0 saturated carbocycles. The van der Waals surface area contributed by atoms with Crippen LogP contribution in [-0.4, -0.2) is 33.9 Å². The fourth-order valence-electron chi connectivity index (χ4n) is 4.11. The van der Waals surface area contributed by atoms with Crippen molar-refractivity contribution in [2.24, 2.45) is 0 Å². The van der Waals surface area contributed by atoms with E-state index in [0.717, 1.165) is 44.4 Å². The van der Waals surface area contributed by atoms with Crippen molar-refractivity contribution in [3.05, 3.63) is 65.5 Å². The van der Waals surface area contributed by atoms with Crippen molar-refractivity contribution in [1.82, 2.24) is 14.9 Å². The number of hydrogen-bond acceptors (Lipinski definition) is 2. The largest absolute Gasteiger partial charge is 0.346 e. The Balaban J connectivity index is 1.27. The van der Waals surface area contributed by atoms with Gasteiger partial charge in [0.15, 0.2) is 0 Å². The second-order valence-electron chi connectivity index (χ2n) is 7.64. The van der Waals surface area contributed by atoms with Crippen LogP contribution in [0.5, 0.6) is 0 Å². The number of amides is 1. The van der Waals surface area contributed by atoms with Crippen molar-refractivity contribution in [2.45, 2.75) is 44.9 Å². The van der Waals surface area contributed by atoms with Crippen LogP contribution < -0.4 is 0 Å². The molecule has 1 aliphatic rings. The lowest BCUT2D eigenvalue weighted by molar-refractivity contribution is -0.132. The van der Waals surface area contributed by atoms with Crippen LogP contribution >= 0.6 is 0 Å². The Morgan fingerprint density at radius 3 is 2.74 bits per heavy atom. The van der Waals surface area contributed by atoms with Crippen molar-refractivity contribution >= 4 is 16.9 Å². The van der Waals surface area contributed by atoms with Crippen molar-refractivity contribution in [1.29, 1.82) is 0 Å². The lowest BCUT2D eigenvalue weighted by atomic mass is 9.89. The lowest BCUT2D eigenvalue weighted by Gasteiger charge is -2.32. The number of piperidine rings is 1. The topological polar surface area (TPSA) is 49.0 Å². The number of pyridine rings is 1. The van der Waals surface area contributed by atoms with E-state index < -0.39 is 0 Å². The number of benzene rings is 1. The molecule has 3 aromatic rings. The van der Waals surface area contributed by atoms with Crippen molar-refractivity contribution in [2.75, 3.05) is 13.1 Å². The second kappa shape index (κ2) is 7.95. The summed E-state index contributed by atoms with van der Waals surface area (Å²) in [6.07, 6.45) is 8.54. The number of nitrogens with one attached hydrogen (secondary N) is 1. The standard InChI is InChI=1S/C23H27N3O/c1-17-7-9-18(10-8-17)4-2-6-22(27)26-14-11-19(12-15-26)21-16-25-23-20(21)5-3-13-24-23/h3,5,7-10,13,16,19H,2,4,6,11-12,14-15H2,1H3,(H,24,25). The van der Waals surface area contributed by atoms with Gasteiger partial charge in [-0.3, -0.25) is 4.79 Å². The van der Waals surface area contributed by atoms with Crippen molar-refractivity contribution in [3.63, 3.8) is 0 Å². The van der Waals surface area contributed by atoms with Crippen molar-refractivity contribution < 1.29 is 4.79 Å². The number of likely N-dealkylation sites (tertiary alicyclic amines) is 1. The van der Waals surface area contributed by atoms with E-state index in [1.54, 1.807) is 0 Å². The van der Waals surface area contributed by atoms with Gasteiger partial charge in [0.05, 0.1) is 0 Å². The maximum Gasteiger partial charge on any atom is 0.222 e. The summed E-state index contributed by atoms with van der Waals surface area (Å²) < 4.78 is 0. The number of aromatic nitrogens is 2. The second-order valence-corrected chi connectivity index (χ2v) is 7.64. The third-order valence-corrected chi connectivity index (χ3v) is 5.75. The first kappa shape index (κ1) is 17.8. The van der Waals surface area contributed by atoms with E-state index in [-0.39, 0.29) is 0 Å². The van der Waals surface area contributed by atoms with E-state index in [1.807, 2.05) is 12.3 Å². The summed E-state index contributed by atoms with van der Waals surface area (Å²) in [6.45, 7) is 3.83. The molecule has 0 bridgehead atoms. The Hall–Kier alpha value is -2.62. The summed E-state index contributed by atoms with van der Waals surface area (Å²) in [7, 11) is 0. The van der Waals surface area contributed by atoms with E-state index in [2.05, 4.69) is 58.3 Å². The quantitative estimate of drug-likeness (QED) is 0.722. The maximum absolute atomic E-state index is 12.6. The summed E-state index contributed by atoms with van der Waals surface area (Å²) in [5.74, 6) is 0.820. The number of carbonyl (C=O) groups excluding carboxylic acids is 1. The molecular weight excluding hydrogens is 334 g/mol. The van der Waals surface area contributed by atoms with Gasteiger partial charge in [-0.1, -0.05) is 29.8 Å². The Kier molecular flexibility index (Phi) is 5.23. The van der Waals surface area contributed by atoms with E-state index in [4.69, 9.17) is 0 Å². The van der Waals surface area contributed by atoms with Crippen molar-refractivity contribution in [3.8, 4) is 0 Å². The summed E-state index contributed by atoms with van der Waals surface area (Å²) in [6, 6.07) is 12.7. The zero-order chi connectivity index (χ0) is 18.6. The minimum atomic E-state index is 0.307. The molecule has 1 fully saturated rings. The molecule has 4 heteroatoms. The van der Waals surface area contributed by atoms with Gasteiger partial charge in [0.2, 0.25) is 5.91 Å². The molecule has 0 unspecified atom stereocenters. The molecule has 4 nitrogen and oxygen atoms in total. The molecule has 2 aromatic heterocycles. The summed E-state index contributed by atoms with van der Waals surface area (Å²) >= 11 is 0. The number of rotatable bonds is 5. The highest BCUT2D eigenvalue weighted by atomic mass is 16.2. The average molecular weight is 361 g/mol. The summed E-state index contributed by atoms with van der Waals surface area (Å²) in [5.41, 5.74) is 4.91. The van der Waals surface area contributed by atoms with Crippen LogP contribution in [0.1, 0.15) is 48.3 Å². The van der Waals surface area contributed by atoms with Gasteiger partial charge in [-0.25, -0.2) is 4.98 Å². The number of fused-ring (bicyclic) bond motifs is 1. The van der Waals surface area contributed by atoms with Crippen LogP contribution in [0.2, 0.25) is 0 Å². The van der Waals surface area contributed by atoms with Crippen LogP contribution in [0.3, 0.4) is 0 Å². The molecule has 4 rings (SSSR count). The SMILES string of the molecule is Cc1ccc(CCCC(=O)N2CCC(c3c[nH]c4ncccc34)CC2)cc1. The van der Waals surface area contributed by atoms with Crippen LogP contribution in [-0.2, 0) is 11.2 Å². The minimum absolute atomic E-state index is 0.307. The minimum Gasteiger partial charge on any atom is -0.346 e. The molecule has 1 aliphatic heterocycles. The molecule has 0 atom stereocenters. The molecule has 1 aromatic carbocycles. The predicted molar refractivity (Wildman–Crippen MR) is 109 cm³/mol. The Bertz CT molecular complexity index is 905. The first-order chi connectivity index (χ1) is 13.2. The first-order valence-electron chi connectivity index (χ1n) is 9.96. The zero-order valence-electron chi connectivity index (χ0n) is 15.9. The Morgan fingerprint density at radius 2 is 1.96 bits per heavy atom. The van der Waals surface area contributed by atoms with Gasteiger partial charge in [-0.2, -0.15) is 0 Å². The first-order valence-corrected chi connectivity index (χ1v) is 9.96. The number of H-pyrrole nitrogens is 1. The zero-order valence-corrected chi connectivity index (χ0v) is 15.9. The Labute approximate surface area is 160 Å². The summed E-state index contributed by atoms with van der Waals surface area (Å²) in [4.78, 5) is 22.3. The molecule has 3 heterocycles. The van der Waals surface area contributed by atoms with Crippen LogP contribution in [0.15, 0.2) is 48.8 Å². The highest BCUT2D eigenvalue weighted by Crippen LogP contribution is 2.32. The van der Waals surface area contributed by atoms with Crippen LogP contribution in [0.25, 0.3) is 11.0 Å². The van der Waals surface area contributed by atoms with Gasteiger partial charge in [0.25, 0.3) is 0 Å². The van der Waals surface area contributed by atoms with Gasteiger partial charge in [0, 0.05) is 37.3 Å². The fourth-order valence-corrected chi connectivity index (χ4v) is 4.11. The molecule has 0 spiro atoms. The predicted octanol–water partition coefficient (Wildman–Crippen LogP) is 4.60. The van der Waals surface area contributed by atoms with E-state index in [0.29, 0.717) is 18.2 Å². The van der Waals surface area contributed by atoms with Gasteiger partial charge in [-0.05, 0) is 61.8 Å². The third-order valence-electron chi connectivity index (χ3n) is 5.75. The molecular formula is C23H27N3O. The number of hydrogen-bond donors (Lipinski definition) is 1. The smallest absolute Gasteiger partial charge is 0.222 e. The van der Waals surface area contributed by atoms with E-state index >= 15 is 0 Å². The number of aromatic amines is 1. The molecule has 1 N–H and O–H groups in total. The monoisotopic (exact) mass is 361 g/mol. The molecule has 140 valence electrons. The third kappa shape index (κ3) is 4.05. The maximum atomic E-state index is 12.6. The van der Waals surface area contributed by atoms with Crippen LogP contribution in [0, 0.1) is 6.92 Å². The number of aryl methyl sites for hydroxylation is 2. The molecule has 27 heavy (non-hydrogen) atoms. The Morgan fingerprint density at radius 1 is 1.19 bits per heavy atom. The van der Waals surface area contributed by atoms with E-state index in [1.165, 1.54) is 22.1 Å². The summed E-state index contributed by atoms with van der Waals surface area (Å²) in [5, 5.41) is 1.22. The van der Waals surface area contributed by atoms with Crippen LogP contribution in [0.4, 0.5) is 0 Å². The lowest BCUT2D eigenvalue weighted by Crippen LogP contribution is -2.37. The normalized spacial score (nSPS) is 15.4.